The van der Waals surface area contributed by atoms with Crippen molar-refractivity contribution >= 4 is 108 Å². The van der Waals surface area contributed by atoms with Gasteiger partial charge in [-0.3, -0.25) is 14.5 Å². The number of hydrogen-bond donors (Lipinski definition) is 1. The Morgan fingerprint density at radius 1 is 0.589 bits per heavy atom. The van der Waals surface area contributed by atoms with Gasteiger partial charge in [-0.2, -0.15) is 53.3 Å². The third kappa shape index (κ3) is 21.3. The highest BCUT2D eigenvalue weighted by molar-refractivity contribution is 7.59. The molecule has 0 spiro atoms. The predicted molar refractivity (Wildman–Crippen MR) is 271 cm³/mol. The van der Waals surface area contributed by atoms with Gasteiger partial charge in [-0.1, -0.05) is 70.7 Å². The number of benzene rings is 4. The first-order valence-corrected chi connectivity index (χ1v) is 21.9. The number of alkyl halides is 6. The summed E-state index contributed by atoms with van der Waals surface area (Å²) in [6.07, 6.45) is -10.2. The monoisotopic (exact) mass is 1180 g/mol. The lowest BCUT2D eigenvalue weighted by Crippen LogP contribution is -2.55. The maximum absolute atomic E-state index is 13.6. The minimum Gasteiger partial charge on any atom is -0.414 e. The van der Waals surface area contributed by atoms with Gasteiger partial charge < -0.3 is 24.6 Å². The molecule has 0 aliphatic rings. The number of likely N-dealkylation sites (N-methyl/N-ethyl adjacent to an activating group) is 4. The number of carbonyl (C=O) groups excluding carboxylic acids is 4. The molecule has 73 heavy (non-hydrogen) atoms. The maximum atomic E-state index is 13.6. The number of nitrogens with zero attached hydrogens (tertiary/aromatic N) is 3. The quantitative estimate of drug-likeness (QED) is 0.0676. The van der Waals surface area contributed by atoms with Crippen LogP contribution in [0.15, 0.2) is 98.1 Å². The SMILES string of the molecule is C=CC[C@@](CN(C)C(=O)CC(F)(F)F)(c1ccc(Cl)c(Cl)c1)N(C)C(=O)Oc1ccc(F)c(F)c1.C=CC[C@](CN(C)C(=O)CC(F)(F)F)(NC)c1ccc(Cl)c(Cl)c1.O=C(Cl)Oc1ccc(F)c(F)c1.S.S. The number of ether oxygens (including phenoxy) is 2. The van der Waals surface area contributed by atoms with Crippen molar-refractivity contribution in [1.29, 1.82) is 0 Å². The molecule has 4 aromatic carbocycles. The van der Waals surface area contributed by atoms with Gasteiger partial charge >= 0.3 is 23.9 Å². The largest absolute Gasteiger partial charge is 0.415 e. The second-order valence-corrected chi connectivity index (χ2v) is 17.0. The van der Waals surface area contributed by atoms with Crippen LogP contribution < -0.4 is 14.8 Å². The third-order valence-corrected chi connectivity index (χ3v) is 11.6. The van der Waals surface area contributed by atoms with Crippen LogP contribution in [0.1, 0.15) is 36.8 Å². The Kier molecular flexibility index (Phi) is 28.2. The summed E-state index contributed by atoms with van der Waals surface area (Å²) in [6.45, 7) is 6.94. The van der Waals surface area contributed by atoms with Crippen LogP contribution in [0.4, 0.5) is 53.5 Å². The fourth-order valence-corrected chi connectivity index (χ4v) is 7.16. The van der Waals surface area contributed by atoms with Crippen molar-refractivity contribution in [3.63, 3.8) is 0 Å². The molecular formula is C46H47Cl5F10N4O6S2. The summed E-state index contributed by atoms with van der Waals surface area (Å²) in [5.41, 5.74) is -2.44. The highest BCUT2D eigenvalue weighted by Gasteiger charge is 2.43. The summed E-state index contributed by atoms with van der Waals surface area (Å²) in [5.74, 6) is -7.20. The number of hydrogen-bond acceptors (Lipinski definition) is 7. The zero-order valence-corrected chi connectivity index (χ0v) is 44.5. The molecule has 2 atom stereocenters. The van der Waals surface area contributed by atoms with E-state index in [-0.39, 0.29) is 61.5 Å². The van der Waals surface area contributed by atoms with Gasteiger partial charge in [0, 0.05) is 58.0 Å². The summed E-state index contributed by atoms with van der Waals surface area (Å²) in [6, 6.07) is 14.4. The predicted octanol–water partition coefficient (Wildman–Crippen LogP) is 13.9. The van der Waals surface area contributed by atoms with Crippen LogP contribution in [0.2, 0.25) is 20.1 Å². The van der Waals surface area contributed by atoms with Crippen LogP contribution in [-0.4, -0.2) is 91.7 Å². The Balaban J connectivity index is 0.00000118. The normalized spacial score (nSPS) is 12.5. The lowest BCUT2D eigenvalue weighted by Gasteiger charge is -2.43. The van der Waals surface area contributed by atoms with Crippen LogP contribution in [-0.2, 0) is 20.7 Å². The van der Waals surface area contributed by atoms with Gasteiger partial charge in [-0.15, -0.1) is 13.2 Å². The average molecular weight is 1180 g/mol. The Bertz CT molecular complexity index is 2550. The molecule has 0 bridgehead atoms. The second kappa shape index (κ2) is 30.1. The molecule has 0 heterocycles. The van der Waals surface area contributed by atoms with Crippen molar-refractivity contribution in [3.8, 4) is 11.5 Å². The van der Waals surface area contributed by atoms with E-state index in [9.17, 15) is 63.1 Å². The highest BCUT2D eigenvalue weighted by atomic mass is 35.5. The van der Waals surface area contributed by atoms with Gasteiger partial charge in [0.25, 0.3) is 0 Å². The highest BCUT2D eigenvalue weighted by Crippen LogP contribution is 2.38. The molecule has 0 unspecified atom stereocenters. The number of rotatable bonds is 16. The molecule has 0 aliphatic carbocycles. The van der Waals surface area contributed by atoms with Crippen molar-refractivity contribution in [2.45, 2.75) is 49.1 Å². The molecule has 10 nitrogen and oxygen atoms in total. The average Bonchev–Trinajstić information content (AvgIpc) is 3.26. The van der Waals surface area contributed by atoms with Crippen molar-refractivity contribution in [2.24, 2.45) is 0 Å². The first-order valence-electron chi connectivity index (χ1n) is 20.0. The number of halogens is 15. The van der Waals surface area contributed by atoms with E-state index in [0.29, 0.717) is 33.7 Å². The summed E-state index contributed by atoms with van der Waals surface area (Å²) < 4.78 is 137. The van der Waals surface area contributed by atoms with E-state index in [1.54, 1.807) is 31.3 Å². The first-order chi connectivity index (χ1) is 32.8. The molecule has 4 rings (SSSR count). The molecule has 0 aromatic heterocycles. The zero-order valence-electron chi connectivity index (χ0n) is 38.7. The maximum Gasteiger partial charge on any atom is 0.415 e. The van der Waals surface area contributed by atoms with Crippen molar-refractivity contribution in [2.75, 3.05) is 41.3 Å². The number of carbonyl (C=O) groups is 4. The Morgan fingerprint density at radius 3 is 1.38 bits per heavy atom. The molecule has 1 N–H and O–H groups in total. The van der Waals surface area contributed by atoms with E-state index < -0.39 is 89.4 Å². The molecule has 0 aliphatic heterocycles. The van der Waals surface area contributed by atoms with Crippen LogP contribution in [0.3, 0.4) is 0 Å². The molecule has 0 saturated heterocycles. The smallest absolute Gasteiger partial charge is 0.414 e. The van der Waals surface area contributed by atoms with E-state index in [4.69, 9.17) is 62.7 Å². The second-order valence-electron chi connectivity index (χ2n) is 15.1. The summed E-state index contributed by atoms with van der Waals surface area (Å²) >= 11 is 28.9. The third-order valence-electron chi connectivity index (χ3n) is 10.0. The van der Waals surface area contributed by atoms with Crippen LogP contribution in [0.5, 0.6) is 11.5 Å². The first kappa shape index (κ1) is 68.5. The molecule has 27 heteroatoms. The van der Waals surface area contributed by atoms with Crippen LogP contribution in [0, 0.1) is 23.3 Å². The molecule has 0 fully saturated rings. The van der Waals surface area contributed by atoms with E-state index in [1.807, 2.05) is 0 Å². The van der Waals surface area contributed by atoms with Crippen LogP contribution >= 0.6 is 85.0 Å². The van der Waals surface area contributed by atoms with E-state index in [1.165, 1.54) is 38.4 Å². The number of amides is 3. The van der Waals surface area contributed by atoms with Gasteiger partial charge in [0.05, 0.1) is 31.2 Å². The van der Waals surface area contributed by atoms with Gasteiger partial charge in [0.2, 0.25) is 11.8 Å². The standard InChI is InChI=1S/C23H21Cl2F5N2O3.C16H19Cl2F3N2O.C7H3ClF2O2.2H2S/c1-4-9-22(14-5-7-16(24)17(25)10-14,13-31(2)20(33)12-23(28,29)30)32(3)21(34)35-15-6-8-18(26)19(27)11-15;1-4-7-15(22-2,11-5-6-12(17)13(18)8-11)10-23(3)14(24)9-16(19,20)21;8-7(11)12-4-1-2-5(9)6(10)3-4;;/h4-8,10-11H,1,9,12-13H2,2-3H3;4-6,8,22H,1,7,9-10H2,2-3H3;1-3H;2*1H2/t22-;15-;;;/m11.../s1. The number of nitrogens with one attached hydrogen (secondary N) is 1. The molecule has 3 amide bonds. The minimum absolute atomic E-state index is 0. The fraction of sp³-hybridized carbons (Fsp3) is 0.304. The van der Waals surface area contributed by atoms with Crippen LogP contribution in [0.25, 0.3) is 0 Å². The molecule has 0 saturated carbocycles. The summed E-state index contributed by atoms with van der Waals surface area (Å²) in [5, 5.41) is 4.03. The lowest BCUT2D eigenvalue weighted by atomic mass is 9.84. The van der Waals surface area contributed by atoms with Gasteiger partial charge in [-0.05, 0) is 79.5 Å². The summed E-state index contributed by atoms with van der Waals surface area (Å²) in [4.78, 5) is 50.2. The van der Waals surface area contributed by atoms with E-state index in [2.05, 4.69) is 23.2 Å². The molecule has 404 valence electrons. The van der Waals surface area contributed by atoms with Crippen molar-refractivity contribution < 1.29 is 72.6 Å². The van der Waals surface area contributed by atoms with Gasteiger partial charge in [0.1, 0.15) is 24.3 Å². The Labute approximate surface area is 453 Å². The lowest BCUT2D eigenvalue weighted by molar-refractivity contribution is -0.163. The van der Waals surface area contributed by atoms with Gasteiger partial charge in [-0.25, -0.2) is 27.2 Å². The molecular weight excluding hydrogens is 1140 g/mol. The minimum atomic E-state index is -4.74. The zero-order chi connectivity index (χ0) is 54.2. The van der Waals surface area contributed by atoms with E-state index >= 15 is 0 Å². The Morgan fingerprint density at radius 2 is 1.00 bits per heavy atom. The fourth-order valence-electron chi connectivity index (χ4n) is 6.48. The van der Waals surface area contributed by atoms with E-state index in [0.717, 1.165) is 52.1 Å². The summed E-state index contributed by atoms with van der Waals surface area (Å²) in [7, 11) is 5.42. The van der Waals surface area contributed by atoms with Crippen molar-refractivity contribution in [1.82, 2.24) is 20.0 Å². The Hall–Kier alpha value is -4.55. The molecule has 0 radical (unpaired) electrons. The topological polar surface area (TPSA) is 108 Å². The van der Waals surface area contributed by atoms with Gasteiger partial charge in [0.15, 0.2) is 23.3 Å². The molecule has 4 aromatic rings. The van der Waals surface area contributed by atoms with Crippen molar-refractivity contribution in [3.05, 3.63) is 153 Å².